The molecule has 0 aliphatic rings. The number of hydrogen-bond acceptors (Lipinski definition) is 4. The first kappa shape index (κ1) is 22.4. The topological polar surface area (TPSA) is 56.8 Å². The number of benzene rings is 2. The van der Waals surface area contributed by atoms with E-state index in [-0.39, 0.29) is 30.2 Å². The molecule has 1 amide bonds. The van der Waals surface area contributed by atoms with Crippen LogP contribution in [0, 0.1) is 0 Å². The van der Waals surface area contributed by atoms with E-state index in [1.165, 1.54) is 25.3 Å². The highest BCUT2D eigenvalue weighted by molar-refractivity contribution is 5.94. The molecule has 0 aliphatic heterocycles. The summed E-state index contributed by atoms with van der Waals surface area (Å²) in [5.74, 6) is -0.673. The summed E-state index contributed by atoms with van der Waals surface area (Å²) >= 11 is 0. The summed E-state index contributed by atoms with van der Waals surface area (Å²) < 4.78 is 74.6. The Morgan fingerprint density at radius 2 is 1.69 bits per heavy atom. The SMILES string of the molecule is COc1cc(C(=O)NCc2ccc(COCC(F)(F)F)cc2)ccc1OC(F)F. The fourth-order valence-electron chi connectivity index (χ4n) is 2.32. The molecular weight excluding hydrogens is 401 g/mol. The lowest BCUT2D eigenvalue weighted by Crippen LogP contribution is -2.22. The van der Waals surface area contributed by atoms with Crippen LogP contribution in [-0.4, -0.2) is 32.4 Å². The van der Waals surface area contributed by atoms with Crippen molar-refractivity contribution in [3.05, 3.63) is 59.2 Å². The first-order chi connectivity index (χ1) is 13.7. The van der Waals surface area contributed by atoms with Crippen LogP contribution in [0.2, 0.25) is 0 Å². The second kappa shape index (κ2) is 10.1. The molecule has 0 radical (unpaired) electrons. The minimum absolute atomic E-state index is 0.0128. The van der Waals surface area contributed by atoms with E-state index in [0.29, 0.717) is 11.1 Å². The van der Waals surface area contributed by atoms with Crippen molar-refractivity contribution in [3.63, 3.8) is 0 Å². The van der Waals surface area contributed by atoms with Gasteiger partial charge in [-0.1, -0.05) is 24.3 Å². The van der Waals surface area contributed by atoms with E-state index in [1.807, 2.05) is 0 Å². The number of carbonyl (C=O) groups is 1. The van der Waals surface area contributed by atoms with E-state index in [1.54, 1.807) is 24.3 Å². The maximum absolute atomic E-state index is 12.3. The highest BCUT2D eigenvalue weighted by atomic mass is 19.4. The number of nitrogens with one attached hydrogen (secondary N) is 1. The molecule has 1 N–H and O–H groups in total. The third-order valence-electron chi connectivity index (χ3n) is 3.65. The Hall–Kier alpha value is -2.88. The second-order valence-electron chi connectivity index (χ2n) is 5.85. The Bertz CT molecular complexity index is 809. The van der Waals surface area contributed by atoms with Crippen LogP contribution in [0.1, 0.15) is 21.5 Å². The van der Waals surface area contributed by atoms with Crippen LogP contribution < -0.4 is 14.8 Å². The molecule has 0 aromatic heterocycles. The number of methoxy groups -OCH3 is 1. The molecule has 0 heterocycles. The van der Waals surface area contributed by atoms with E-state index in [4.69, 9.17) is 4.74 Å². The van der Waals surface area contributed by atoms with Gasteiger partial charge in [-0.25, -0.2) is 0 Å². The van der Waals surface area contributed by atoms with Crippen molar-refractivity contribution >= 4 is 5.91 Å². The van der Waals surface area contributed by atoms with Crippen LogP contribution in [0.5, 0.6) is 11.5 Å². The number of halogens is 5. The maximum Gasteiger partial charge on any atom is 0.411 e. The fourth-order valence-corrected chi connectivity index (χ4v) is 2.32. The van der Waals surface area contributed by atoms with Crippen LogP contribution in [-0.2, 0) is 17.9 Å². The van der Waals surface area contributed by atoms with Gasteiger partial charge >= 0.3 is 12.8 Å². The zero-order valence-corrected chi connectivity index (χ0v) is 15.3. The number of hydrogen-bond donors (Lipinski definition) is 1. The summed E-state index contributed by atoms with van der Waals surface area (Å²) in [7, 11) is 1.26. The van der Waals surface area contributed by atoms with Crippen molar-refractivity contribution in [2.45, 2.75) is 25.9 Å². The number of ether oxygens (including phenoxy) is 3. The van der Waals surface area contributed by atoms with Gasteiger partial charge in [-0.2, -0.15) is 22.0 Å². The van der Waals surface area contributed by atoms with Gasteiger partial charge in [0.1, 0.15) is 6.61 Å². The lowest BCUT2D eigenvalue weighted by atomic mass is 10.1. The third-order valence-corrected chi connectivity index (χ3v) is 3.65. The summed E-state index contributed by atoms with van der Waals surface area (Å²) in [5, 5.41) is 2.65. The Morgan fingerprint density at radius 3 is 2.28 bits per heavy atom. The summed E-state index contributed by atoms with van der Waals surface area (Å²) in [6, 6.07) is 10.3. The number of rotatable bonds is 9. The molecule has 2 rings (SSSR count). The molecule has 0 unspecified atom stereocenters. The molecular formula is C19H18F5NO4. The number of carbonyl (C=O) groups excluding carboxylic acids is 1. The zero-order valence-electron chi connectivity index (χ0n) is 15.3. The highest BCUT2D eigenvalue weighted by Gasteiger charge is 2.27. The molecule has 0 bridgehead atoms. The van der Waals surface area contributed by atoms with E-state index < -0.39 is 25.3 Å². The van der Waals surface area contributed by atoms with Crippen molar-refractivity contribution in [1.29, 1.82) is 0 Å². The van der Waals surface area contributed by atoms with Gasteiger partial charge in [0.05, 0.1) is 13.7 Å². The molecule has 0 fully saturated rings. The van der Waals surface area contributed by atoms with Gasteiger partial charge < -0.3 is 19.5 Å². The van der Waals surface area contributed by atoms with Crippen molar-refractivity contribution in [3.8, 4) is 11.5 Å². The van der Waals surface area contributed by atoms with E-state index >= 15 is 0 Å². The lowest BCUT2D eigenvalue weighted by molar-refractivity contribution is -0.176. The average Bonchev–Trinajstić information content (AvgIpc) is 2.66. The Balaban J connectivity index is 1.90. The normalized spacial score (nSPS) is 11.4. The van der Waals surface area contributed by atoms with E-state index in [2.05, 4.69) is 14.8 Å². The van der Waals surface area contributed by atoms with Crippen LogP contribution in [0.25, 0.3) is 0 Å². The molecule has 0 spiro atoms. The molecule has 0 aliphatic carbocycles. The van der Waals surface area contributed by atoms with Crippen LogP contribution >= 0.6 is 0 Å². The second-order valence-corrected chi connectivity index (χ2v) is 5.85. The largest absolute Gasteiger partial charge is 0.493 e. The molecule has 158 valence electrons. The average molecular weight is 419 g/mol. The van der Waals surface area contributed by atoms with Gasteiger partial charge in [0, 0.05) is 12.1 Å². The minimum Gasteiger partial charge on any atom is -0.493 e. The Morgan fingerprint density at radius 1 is 1.03 bits per heavy atom. The van der Waals surface area contributed by atoms with Gasteiger partial charge in [0.15, 0.2) is 11.5 Å². The van der Waals surface area contributed by atoms with E-state index in [0.717, 1.165) is 0 Å². The van der Waals surface area contributed by atoms with Gasteiger partial charge in [-0.05, 0) is 29.3 Å². The Labute approximate surface area is 163 Å². The summed E-state index contributed by atoms with van der Waals surface area (Å²) in [4.78, 5) is 12.2. The monoisotopic (exact) mass is 419 g/mol. The molecule has 29 heavy (non-hydrogen) atoms. The third kappa shape index (κ3) is 7.57. The molecule has 10 heteroatoms. The molecule has 0 atom stereocenters. The standard InChI is InChI=1S/C19H18F5NO4/c1-27-16-8-14(6-7-15(16)29-18(20)21)17(26)25-9-12-2-4-13(5-3-12)10-28-11-19(22,23)24/h2-8,18H,9-11H2,1H3,(H,25,26). The molecule has 0 saturated heterocycles. The van der Waals surface area contributed by atoms with Crippen molar-refractivity contribution in [2.24, 2.45) is 0 Å². The van der Waals surface area contributed by atoms with Crippen LogP contribution in [0.3, 0.4) is 0 Å². The van der Waals surface area contributed by atoms with Crippen LogP contribution in [0.4, 0.5) is 22.0 Å². The predicted molar refractivity (Wildman–Crippen MR) is 92.9 cm³/mol. The fraction of sp³-hybridized carbons (Fsp3) is 0.316. The van der Waals surface area contributed by atoms with Gasteiger partial charge in [-0.15, -0.1) is 0 Å². The van der Waals surface area contributed by atoms with Gasteiger partial charge in [0.25, 0.3) is 5.91 Å². The maximum atomic E-state index is 12.3. The summed E-state index contributed by atoms with van der Waals surface area (Å²) in [5.41, 5.74) is 1.45. The van der Waals surface area contributed by atoms with Crippen molar-refractivity contribution in [2.75, 3.05) is 13.7 Å². The quantitative estimate of drug-likeness (QED) is 0.616. The minimum atomic E-state index is -4.38. The predicted octanol–water partition coefficient (Wildman–Crippen LogP) is 4.31. The molecule has 5 nitrogen and oxygen atoms in total. The van der Waals surface area contributed by atoms with Crippen molar-refractivity contribution < 1.29 is 41.0 Å². The lowest BCUT2D eigenvalue weighted by Gasteiger charge is -2.12. The van der Waals surface area contributed by atoms with Crippen LogP contribution in [0.15, 0.2) is 42.5 Å². The Kier molecular flexibility index (Phi) is 7.77. The molecule has 2 aromatic rings. The van der Waals surface area contributed by atoms with Crippen molar-refractivity contribution in [1.82, 2.24) is 5.32 Å². The first-order valence-electron chi connectivity index (χ1n) is 8.31. The number of amides is 1. The van der Waals surface area contributed by atoms with Gasteiger partial charge in [-0.3, -0.25) is 4.79 Å². The first-order valence-corrected chi connectivity index (χ1v) is 8.31. The van der Waals surface area contributed by atoms with Gasteiger partial charge in [0.2, 0.25) is 0 Å². The molecule has 2 aromatic carbocycles. The summed E-state index contributed by atoms with van der Waals surface area (Å²) in [6.45, 7) is -4.38. The van der Waals surface area contributed by atoms with E-state index in [9.17, 15) is 26.7 Å². The zero-order chi connectivity index (χ0) is 21.4. The smallest absolute Gasteiger partial charge is 0.411 e. The summed E-state index contributed by atoms with van der Waals surface area (Å²) in [6.07, 6.45) is -4.38. The number of alkyl halides is 5. The highest BCUT2D eigenvalue weighted by Crippen LogP contribution is 2.29. The molecule has 0 saturated carbocycles.